The highest BCUT2D eigenvalue weighted by Gasteiger charge is 2.30. The molecule has 2 aromatic heterocycles. The molecule has 4 atom stereocenters. The predicted molar refractivity (Wildman–Crippen MR) is 73.5 cm³/mol. The fourth-order valence-electron chi connectivity index (χ4n) is 2.10. The Bertz CT molecular complexity index is 699. The molecule has 2 heterocycles. The Hall–Kier alpha value is -1.85. The van der Waals surface area contributed by atoms with Crippen LogP contribution in [0.4, 0.5) is 0 Å². The predicted octanol–water partition coefficient (Wildman–Crippen LogP) is -3.31. The molecule has 0 saturated carbocycles. The average Bonchev–Trinajstić information content (AvgIpc) is 2.89. The van der Waals surface area contributed by atoms with Crippen molar-refractivity contribution in [3.05, 3.63) is 18.0 Å². The van der Waals surface area contributed by atoms with Crippen LogP contribution in [0.1, 0.15) is 0 Å². The average molecular weight is 313 g/mol. The summed E-state index contributed by atoms with van der Waals surface area (Å²) in [6.07, 6.45) is -3.63. The highest BCUT2D eigenvalue weighted by atomic mass is 16.4. The number of fused-ring (bicyclic) bond motifs is 1. The van der Waals surface area contributed by atoms with E-state index in [-0.39, 0.29) is 12.0 Å². The number of nitrogens with zero attached hydrogens (tertiary/aromatic N) is 4. The molecule has 0 amide bonds. The van der Waals surface area contributed by atoms with E-state index in [9.17, 15) is 20.4 Å². The quantitative estimate of drug-likeness (QED) is 0.325. The van der Waals surface area contributed by atoms with Crippen molar-refractivity contribution < 1.29 is 25.5 Å². The summed E-state index contributed by atoms with van der Waals surface area (Å²) in [5.41, 5.74) is 0.550. The lowest BCUT2D eigenvalue weighted by Gasteiger charge is -2.26. The zero-order valence-corrected chi connectivity index (χ0v) is 11.9. The van der Waals surface area contributed by atoms with Crippen LogP contribution in [0.15, 0.2) is 12.5 Å². The summed E-state index contributed by atoms with van der Waals surface area (Å²) in [6, 6.07) is 0. The Morgan fingerprint density at radius 2 is 1.82 bits per heavy atom. The van der Waals surface area contributed by atoms with Gasteiger partial charge in [-0.25, -0.2) is 4.98 Å². The van der Waals surface area contributed by atoms with Crippen molar-refractivity contribution >= 4 is 11.0 Å². The molecule has 2 aromatic rings. The second-order valence-electron chi connectivity index (χ2n) is 5.05. The fraction of sp³-hybridized carbons (Fsp3) is 0.583. The van der Waals surface area contributed by atoms with Crippen molar-refractivity contribution in [2.75, 3.05) is 6.61 Å². The molecule has 22 heavy (non-hydrogen) atoms. The smallest absolute Gasteiger partial charge is 0.162 e. The lowest BCUT2D eigenvalue weighted by Crippen LogP contribution is -2.47. The molecular weight excluding hydrogens is 294 g/mol. The van der Waals surface area contributed by atoms with Gasteiger partial charge in [-0.2, -0.15) is 5.10 Å². The van der Waals surface area contributed by atoms with Gasteiger partial charge in [0.15, 0.2) is 5.65 Å². The van der Waals surface area contributed by atoms with Gasteiger partial charge in [-0.15, -0.1) is 0 Å². The first kappa shape index (κ1) is 16.5. The third-order valence-electron chi connectivity index (χ3n) is 3.48. The third kappa shape index (κ3) is 3.00. The molecule has 10 heteroatoms. The van der Waals surface area contributed by atoms with Crippen LogP contribution in [0.5, 0.6) is 0 Å². The second kappa shape index (κ2) is 6.50. The van der Waals surface area contributed by atoms with Gasteiger partial charge >= 0.3 is 0 Å². The van der Waals surface area contributed by atoms with Crippen LogP contribution in [0.3, 0.4) is 0 Å². The van der Waals surface area contributed by atoms with E-state index in [2.05, 4.69) is 10.1 Å². The van der Waals surface area contributed by atoms with Gasteiger partial charge in [-0.3, -0.25) is 10.1 Å². The number of aromatic nitrogens is 4. The minimum Gasteiger partial charge on any atom is -0.394 e. The number of hydrogen-bond donors (Lipinski definition) is 6. The molecule has 0 bridgehead atoms. The maximum atomic E-state index is 9.93. The Kier molecular flexibility index (Phi) is 4.88. The molecule has 6 N–H and O–H groups in total. The maximum absolute atomic E-state index is 9.93. The maximum Gasteiger partial charge on any atom is 0.162 e. The lowest BCUT2D eigenvalue weighted by molar-refractivity contribution is -0.117. The first-order chi connectivity index (χ1) is 10.4. The van der Waals surface area contributed by atoms with Crippen LogP contribution >= 0.6 is 0 Å². The van der Waals surface area contributed by atoms with Gasteiger partial charge in [-0.1, -0.05) is 0 Å². The van der Waals surface area contributed by atoms with E-state index >= 15 is 0 Å². The van der Waals surface area contributed by atoms with Gasteiger partial charge in [0.05, 0.1) is 31.1 Å². The van der Waals surface area contributed by atoms with E-state index in [1.807, 2.05) is 0 Å². The van der Waals surface area contributed by atoms with E-state index in [0.29, 0.717) is 11.0 Å². The molecule has 0 aromatic carbocycles. The molecule has 0 radical (unpaired) electrons. The summed E-state index contributed by atoms with van der Waals surface area (Å²) in [6.45, 7) is -0.960. The van der Waals surface area contributed by atoms with Gasteiger partial charge in [0, 0.05) is 7.05 Å². The first-order valence-corrected chi connectivity index (χ1v) is 6.61. The van der Waals surface area contributed by atoms with Gasteiger partial charge in [0.1, 0.15) is 29.9 Å². The van der Waals surface area contributed by atoms with Crippen LogP contribution in [-0.4, -0.2) is 75.9 Å². The summed E-state index contributed by atoms with van der Waals surface area (Å²) in [5.74, 6) is 0. The Morgan fingerprint density at radius 3 is 2.45 bits per heavy atom. The van der Waals surface area contributed by atoms with E-state index in [0.717, 1.165) is 0 Å². The van der Waals surface area contributed by atoms with E-state index in [4.69, 9.17) is 10.5 Å². The minimum atomic E-state index is -1.70. The topological polar surface area (TPSA) is 161 Å². The zero-order valence-electron chi connectivity index (χ0n) is 11.9. The largest absolute Gasteiger partial charge is 0.394 e. The lowest BCUT2D eigenvalue weighted by atomic mass is 10.0. The van der Waals surface area contributed by atoms with Crippen LogP contribution in [-0.2, 0) is 13.6 Å². The first-order valence-electron chi connectivity index (χ1n) is 6.61. The molecule has 10 nitrogen and oxygen atoms in total. The number of aryl methyl sites for hydroxylation is 1. The molecule has 122 valence electrons. The van der Waals surface area contributed by atoms with E-state index in [1.54, 1.807) is 7.05 Å². The van der Waals surface area contributed by atoms with Crippen LogP contribution in [0.25, 0.3) is 11.0 Å². The number of aliphatic hydroxyl groups is 5. The van der Waals surface area contributed by atoms with Gasteiger partial charge in [0.2, 0.25) is 0 Å². The van der Waals surface area contributed by atoms with Crippen LogP contribution < -0.4 is 5.49 Å². The zero-order chi connectivity index (χ0) is 16.4. The molecule has 0 fully saturated rings. The molecule has 0 aliphatic heterocycles. The van der Waals surface area contributed by atoms with Crippen molar-refractivity contribution in [2.45, 2.75) is 31.0 Å². The minimum absolute atomic E-state index is 0.0431. The monoisotopic (exact) mass is 313 g/mol. The highest BCUT2D eigenvalue weighted by molar-refractivity contribution is 5.72. The van der Waals surface area contributed by atoms with Gasteiger partial charge < -0.3 is 30.1 Å². The number of aliphatic hydroxyl groups excluding tert-OH is 5. The molecule has 2 rings (SSSR count). The molecule has 0 aliphatic rings. The normalized spacial score (nSPS) is 17.4. The van der Waals surface area contributed by atoms with Gasteiger partial charge in [0.25, 0.3) is 0 Å². The molecular formula is C12H19N5O5. The van der Waals surface area contributed by atoms with Crippen LogP contribution in [0.2, 0.25) is 0 Å². The summed E-state index contributed by atoms with van der Waals surface area (Å²) in [5, 5.41) is 59.8. The second-order valence-corrected chi connectivity index (χ2v) is 5.05. The van der Waals surface area contributed by atoms with E-state index < -0.39 is 31.0 Å². The van der Waals surface area contributed by atoms with E-state index in [1.165, 1.54) is 21.8 Å². The van der Waals surface area contributed by atoms with Crippen molar-refractivity contribution in [2.24, 2.45) is 7.05 Å². The third-order valence-corrected chi connectivity index (χ3v) is 3.48. The number of nitrogens with one attached hydrogen (secondary N) is 1. The van der Waals surface area contributed by atoms with Crippen LogP contribution in [0, 0.1) is 5.41 Å². The summed E-state index contributed by atoms with van der Waals surface area (Å²) in [4.78, 5) is 4.11. The van der Waals surface area contributed by atoms with Crippen molar-refractivity contribution in [1.29, 1.82) is 5.41 Å². The van der Waals surface area contributed by atoms with Crippen molar-refractivity contribution in [3.63, 3.8) is 0 Å². The summed E-state index contributed by atoms with van der Waals surface area (Å²) < 4.78 is 2.79. The molecule has 0 unspecified atom stereocenters. The Morgan fingerprint density at radius 1 is 1.18 bits per heavy atom. The Labute approximate surface area is 125 Å². The SMILES string of the molecule is Cn1ncc2c(=N)n(C[C@H](O)[C@H](O)[C@H](O)[C@H](O)CO)cnc21. The number of hydrogen-bond acceptors (Lipinski definition) is 8. The number of rotatable bonds is 6. The standard InChI is InChI=1S/C12H19N5O5/c1-16-12-6(2-15-16)11(13)17(5-14-12)3-7(19)9(21)10(22)8(20)4-18/h2,5,7-10,13,18-22H,3-4H2,1H3/t7-,8+,9-,10+/m0/s1. The van der Waals surface area contributed by atoms with Crippen molar-refractivity contribution in [1.82, 2.24) is 19.3 Å². The molecule has 0 spiro atoms. The highest BCUT2D eigenvalue weighted by Crippen LogP contribution is 2.08. The fourth-order valence-corrected chi connectivity index (χ4v) is 2.10. The van der Waals surface area contributed by atoms with Crippen molar-refractivity contribution in [3.8, 4) is 0 Å². The molecule has 0 saturated heterocycles. The molecule has 0 aliphatic carbocycles. The summed E-state index contributed by atoms with van der Waals surface area (Å²) in [7, 11) is 1.68. The summed E-state index contributed by atoms with van der Waals surface area (Å²) >= 11 is 0. The Balaban J connectivity index is 2.20. The van der Waals surface area contributed by atoms with Gasteiger partial charge in [-0.05, 0) is 0 Å².